The van der Waals surface area contributed by atoms with Crippen molar-refractivity contribution in [3.05, 3.63) is 71.3 Å². The van der Waals surface area contributed by atoms with Crippen molar-refractivity contribution >= 4 is 5.91 Å². The van der Waals surface area contributed by atoms with Crippen LogP contribution in [0.2, 0.25) is 0 Å². The molecule has 0 saturated heterocycles. The zero-order valence-corrected chi connectivity index (χ0v) is 14.8. The highest BCUT2D eigenvalue weighted by Crippen LogP contribution is 2.28. The van der Waals surface area contributed by atoms with Crippen LogP contribution in [0.15, 0.2) is 54.6 Å². The van der Waals surface area contributed by atoms with Gasteiger partial charge in [0.15, 0.2) is 0 Å². The van der Waals surface area contributed by atoms with Crippen LogP contribution in [0, 0.1) is 6.92 Å². The number of benzene rings is 2. The molecular weight excluding hydrogens is 282 g/mol. The number of hydrogen-bond donors (Lipinski definition) is 0. The number of hydrogen-bond acceptors (Lipinski definition) is 1. The molecule has 0 spiro atoms. The van der Waals surface area contributed by atoms with Gasteiger partial charge in [0, 0.05) is 12.6 Å². The van der Waals surface area contributed by atoms with Crippen molar-refractivity contribution < 1.29 is 4.79 Å². The highest BCUT2D eigenvalue weighted by molar-refractivity contribution is 5.87. The maximum atomic E-state index is 13.2. The van der Waals surface area contributed by atoms with Gasteiger partial charge in [-0.2, -0.15) is 0 Å². The lowest BCUT2D eigenvalue weighted by molar-refractivity contribution is -0.138. The van der Waals surface area contributed by atoms with Crippen LogP contribution in [0.1, 0.15) is 44.4 Å². The highest BCUT2D eigenvalue weighted by Gasteiger charge is 2.34. The first-order valence-corrected chi connectivity index (χ1v) is 8.24. The van der Waals surface area contributed by atoms with E-state index in [0.29, 0.717) is 6.54 Å². The fourth-order valence-corrected chi connectivity index (χ4v) is 2.72. The monoisotopic (exact) mass is 309 g/mol. The Bertz CT molecular complexity index is 641. The van der Waals surface area contributed by atoms with Gasteiger partial charge in [-0.05, 0) is 45.7 Å². The molecule has 2 aromatic rings. The smallest absolute Gasteiger partial charge is 0.233 e. The van der Waals surface area contributed by atoms with Gasteiger partial charge in [0.2, 0.25) is 5.91 Å². The summed E-state index contributed by atoms with van der Waals surface area (Å²) in [6.07, 6.45) is 0. The van der Waals surface area contributed by atoms with Gasteiger partial charge in [0.1, 0.15) is 0 Å². The van der Waals surface area contributed by atoms with Gasteiger partial charge in [0.25, 0.3) is 0 Å². The van der Waals surface area contributed by atoms with Crippen LogP contribution in [0.25, 0.3) is 0 Å². The maximum Gasteiger partial charge on any atom is 0.233 e. The minimum Gasteiger partial charge on any atom is -0.335 e. The number of carbonyl (C=O) groups excluding carboxylic acids is 1. The average Bonchev–Trinajstić information content (AvgIpc) is 2.53. The molecule has 0 bridgehead atoms. The van der Waals surface area contributed by atoms with Crippen LogP contribution in [0.4, 0.5) is 0 Å². The summed E-state index contributed by atoms with van der Waals surface area (Å²) < 4.78 is 0. The molecule has 0 aromatic heterocycles. The maximum absolute atomic E-state index is 13.2. The summed E-state index contributed by atoms with van der Waals surface area (Å²) in [5, 5.41) is 0. The van der Waals surface area contributed by atoms with Crippen LogP contribution < -0.4 is 0 Å². The van der Waals surface area contributed by atoms with E-state index in [1.807, 2.05) is 36.9 Å². The van der Waals surface area contributed by atoms with Gasteiger partial charge in [0.05, 0.1) is 5.41 Å². The summed E-state index contributed by atoms with van der Waals surface area (Å²) in [6.45, 7) is 10.9. The van der Waals surface area contributed by atoms with Gasteiger partial charge >= 0.3 is 0 Å². The molecule has 0 unspecified atom stereocenters. The number of amides is 1. The lowest BCUT2D eigenvalue weighted by atomic mass is 9.82. The average molecular weight is 309 g/mol. The minimum absolute atomic E-state index is 0.160. The lowest BCUT2D eigenvalue weighted by Crippen LogP contribution is -2.46. The Morgan fingerprint density at radius 1 is 1.00 bits per heavy atom. The Kier molecular flexibility index (Phi) is 5.25. The van der Waals surface area contributed by atoms with Gasteiger partial charge in [-0.25, -0.2) is 0 Å². The molecule has 0 N–H and O–H groups in total. The zero-order valence-electron chi connectivity index (χ0n) is 14.8. The molecule has 0 aliphatic carbocycles. The molecule has 23 heavy (non-hydrogen) atoms. The molecular formula is C21H27NO. The summed E-state index contributed by atoms with van der Waals surface area (Å²) in [5.41, 5.74) is 2.90. The van der Waals surface area contributed by atoms with E-state index in [2.05, 4.69) is 57.2 Å². The number of rotatable bonds is 5. The van der Waals surface area contributed by atoms with E-state index >= 15 is 0 Å². The summed E-state index contributed by atoms with van der Waals surface area (Å²) in [5.74, 6) is 0.167. The molecule has 0 radical (unpaired) electrons. The van der Waals surface area contributed by atoms with Gasteiger partial charge in [-0.15, -0.1) is 0 Å². The van der Waals surface area contributed by atoms with E-state index < -0.39 is 5.41 Å². The molecule has 0 atom stereocenters. The van der Waals surface area contributed by atoms with E-state index in [1.54, 1.807) is 0 Å². The first kappa shape index (κ1) is 17.3. The molecule has 0 fully saturated rings. The van der Waals surface area contributed by atoms with Gasteiger partial charge < -0.3 is 4.90 Å². The fraction of sp³-hybridized carbons (Fsp3) is 0.381. The van der Waals surface area contributed by atoms with E-state index in [4.69, 9.17) is 0 Å². The molecule has 2 rings (SSSR count). The second-order valence-electron chi connectivity index (χ2n) is 7.00. The van der Waals surface area contributed by atoms with Crippen molar-refractivity contribution in [2.75, 3.05) is 0 Å². The molecule has 0 heterocycles. The Balaban J connectivity index is 2.27. The second-order valence-corrected chi connectivity index (χ2v) is 7.00. The van der Waals surface area contributed by atoms with Crippen molar-refractivity contribution in [2.24, 2.45) is 0 Å². The van der Waals surface area contributed by atoms with E-state index in [1.165, 1.54) is 5.56 Å². The lowest BCUT2D eigenvalue weighted by Gasteiger charge is -2.35. The summed E-state index contributed by atoms with van der Waals surface area (Å²) in [4.78, 5) is 15.2. The number of carbonyl (C=O) groups is 1. The molecule has 2 aromatic carbocycles. The predicted molar refractivity (Wildman–Crippen MR) is 96.3 cm³/mol. The third-order valence-electron chi connectivity index (χ3n) is 4.39. The van der Waals surface area contributed by atoms with Crippen molar-refractivity contribution in [3.63, 3.8) is 0 Å². The van der Waals surface area contributed by atoms with E-state index in [0.717, 1.165) is 11.1 Å². The van der Waals surface area contributed by atoms with Crippen molar-refractivity contribution in [1.29, 1.82) is 0 Å². The predicted octanol–water partition coefficient (Wildman–Crippen LogP) is 4.71. The summed E-state index contributed by atoms with van der Waals surface area (Å²) >= 11 is 0. The minimum atomic E-state index is -0.535. The van der Waals surface area contributed by atoms with Gasteiger partial charge in [-0.3, -0.25) is 4.79 Å². The number of aryl methyl sites for hydroxylation is 1. The largest absolute Gasteiger partial charge is 0.335 e. The molecule has 2 heteroatoms. The van der Waals surface area contributed by atoms with Crippen molar-refractivity contribution in [1.82, 2.24) is 4.90 Å². The normalized spacial score (nSPS) is 11.6. The van der Waals surface area contributed by atoms with Crippen LogP contribution in [0.3, 0.4) is 0 Å². The quantitative estimate of drug-likeness (QED) is 0.783. The van der Waals surface area contributed by atoms with Gasteiger partial charge in [-0.1, -0.05) is 60.2 Å². The Labute approximate surface area is 140 Å². The third-order valence-corrected chi connectivity index (χ3v) is 4.39. The third kappa shape index (κ3) is 4.01. The summed E-state index contributed by atoms with van der Waals surface area (Å²) in [6, 6.07) is 18.6. The van der Waals surface area contributed by atoms with Crippen LogP contribution in [0.5, 0.6) is 0 Å². The molecule has 0 aliphatic rings. The summed E-state index contributed by atoms with van der Waals surface area (Å²) in [7, 11) is 0. The highest BCUT2D eigenvalue weighted by atomic mass is 16.2. The van der Waals surface area contributed by atoms with Crippen LogP contribution in [-0.2, 0) is 16.8 Å². The van der Waals surface area contributed by atoms with Crippen molar-refractivity contribution in [2.45, 2.75) is 52.6 Å². The molecule has 0 aliphatic heterocycles. The molecule has 0 saturated carbocycles. The Morgan fingerprint density at radius 2 is 1.57 bits per heavy atom. The standard InChI is InChI=1S/C21H27NO/c1-16(2)22(15-18-9-7-6-8-10-18)20(23)21(4,5)19-13-11-17(3)12-14-19/h6-14,16H,15H2,1-5H3. The Morgan fingerprint density at radius 3 is 2.09 bits per heavy atom. The first-order chi connectivity index (χ1) is 10.8. The van der Waals surface area contributed by atoms with Crippen molar-refractivity contribution in [3.8, 4) is 0 Å². The van der Waals surface area contributed by atoms with E-state index in [-0.39, 0.29) is 11.9 Å². The van der Waals surface area contributed by atoms with E-state index in [9.17, 15) is 4.79 Å². The molecule has 1 amide bonds. The second kappa shape index (κ2) is 6.99. The van der Waals surface area contributed by atoms with Crippen LogP contribution in [-0.4, -0.2) is 16.8 Å². The topological polar surface area (TPSA) is 20.3 Å². The number of nitrogens with zero attached hydrogens (tertiary/aromatic N) is 1. The first-order valence-electron chi connectivity index (χ1n) is 8.24. The van der Waals surface area contributed by atoms with Crippen LogP contribution >= 0.6 is 0 Å². The Hall–Kier alpha value is -2.09. The zero-order chi connectivity index (χ0) is 17.0. The molecule has 2 nitrogen and oxygen atoms in total. The SMILES string of the molecule is Cc1ccc(C(C)(C)C(=O)N(Cc2ccccc2)C(C)C)cc1. The fourth-order valence-electron chi connectivity index (χ4n) is 2.72. The molecule has 122 valence electrons.